The summed E-state index contributed by atoms with van der Waals surface area (Å²) in [6, 6.07) is 2.57. The molecule has 5 nitrogen and oxygen atoms in total. The van der Waals surface area contributed by atoms with Crippen molar-refractivity contribution in [2.75, 3.05) is 7.05 Å². The van der Waals surface area contributed by atoms with Gasteiger partial charge >= 0.3 is 0 Å². The number of carbonyl (C=O) groups is 1. The lowest BCUT2D eigenvalue weighted by Crippen LogP contribution is -2.26. The molecule has 88 valence electrons. The zero-order valence-electron chi connectivity index (χ0n) is 9.22. The van der Waals surface area contributed by atoms with Crippen LogP contribution < -0.4 is 0 Å². The minimum absolute atomic E-state index is 0.228. The van der Waals surface area contributed by atoms with Gasteiger partial charge in [-0.1, -0.05) is 0 Å². The number of amides is 1. The maximum absolute atomic E-state index is 12.6. The fourth-order valence-corrected chi connectivity index (χ4v) is 1.40. The minimum Gasteiger partial charge on any atom is -0.347 e. The lowest BCUT2D eigenvalue weighted by molar-refractivity contribution is 0.0781. The minimum atomic E-state index is -0.602. The van der Waals surface area contributed by atoms with Gasteiger partial charge in [-0.3, -0.25) is 4.79 Å². The molecule has 0 aliphatic carbocycles. The molecular formula is C11H11FN4O. The molecule has 0 saturated heterocycles. The molecule has 0 aromatic carbocycles. The Morgan fingerprint density at radius 2 is 2.29 bits per heavy atom. The fraction of sp³-hybridized carbons (Fsp3) is 0.182. The highest BCUT2D eigenvalue weighted by Crippen LogP contribution is 2.05. The number of aromatic amines is 1. The summed E-state index contributed by atoms with van der Waals surface area (Å²) < 4.78 is 12.6. The molecule has 0 atom stereocenters. The summed E-state index contributed by atoms with van der Waals surface area (Å²) in [7, 11) is 1.65. The lowest BCUT2D eigenvalue weighted by Gasteiger charge is -2.15. The van der Waals surface area contributed by atoms with Crippen LogP contribution in [0, 0.1) is 5.95 Å². The molecule has 0 spiro atoms. The van der Waals surface area contributed by atoms with E-state index in [1.807, 2.05) is 0 Å². The summed E-state index contributed by atoms with van der Waals surface area (Å²) in [5.41, 5.74) is 0.348. The molecule has 1 N–H and O–H groups in total. The van der Waals surface area contributed by atoms with Crippen LogP contribution in [-0.2, 0) is 6.54 Å². The summed E-state index contributed by atoms with van der Waals surface area (Å²) in [6.07, 6.45) is 4.52. The van der Waals surface area contributed by atoms with Crippen LogP contribution in [0.1, 0.15) is 16.2 Å². The number of carbonyl (C=O) groups excluding carboxylic acids is 1. The van der Waals surface area contributed by atoms with E-state index >= 15 is 0 Å². The Balaban J connectivity index is 2.07. The Labute approximate surface area is 97.3 Å². The van der Waals surface area contributed by atoms with Gasteiger partial charge in [0.25, 0.3) is 5.91 Å². The third-order valence-corrected chi connectivity index (χ3v) is 2.26. The molecule has 0 aliphatic rings. The average Bonchev–Trinajstić information content (AvgIpc) is 2.82. The number of aromatic nitrogens is 3. The first-order valence-electron chi connectivity index (χ1n) is 5.02. The third-order valence-electron chi connectivity index (χ3n) is 2.26. The van der Waals surface area contributed by atoms with E-state index in [9.17, 15) is 9.18 Å². The van der Waals surface area contributed by atoms with Crippen molar-refractivity contribution in [1.29, 1.82) is 0 Å². The van der Waals surface area contributed by atoms with Crippen LogP contribution in [-0.4, -0.2) is 32.8 Å². The predicted octanol–water partition coefficient (Wildman–Crippen LogP) is 1.22. The molecule has 0 unspecified atom stereocenters. The molecule has 2 aromatic heterocycles. The number of pyridine rings is 1. The molecule has 0 radical (unpaired) electrons. The highest BCUT2D eigenvalue weighted by molar-refractivity contribution is 5.93. The van der Waals surface area contributed by atoms with E-state index in [2.05, 4.69) is 15.0 Å². The lowest BCUT2D eigenvalue weighted by atomic mass is 10.2. The third kappa shape index (κ3) is 2.66. The number of imidazole rings is 1. The zero-order valence-corrected chi connectivity index (χ0v) is 9.22. The summed E-state index contributed by atoms with van der Waals surface area (Å²) in [5, 5.41) is 0. The van der Waals surface area contributed by atoms with Crippen molar-refractivity contribution in [3.8, 4) is 0 Å². The van der Waals surface area contributed by atoms with E-state index in [1.54, 1.807) is 19.4 Å². The number of nitrogens with zero attached hydrogens (tertiary/aromatic N) is 3. The van der Waals surface area contributed by atoms with E-state index in [4.69, 9.17) is 0 Å². The molecule has 1 amide bonds. The number of H-pyrrole nitrogens is 1. The van der Waals surface area contributed by atoms with E-state index in [-0.39, 0.29) is 5.91 Å². The van der Waals surface area contributed by atoms with Gasteiger partial charge in [0.15, 0.2) is 0 Å². The van der Waals surface area contributed by atoms with Crippen LogP contribution in [0.3, 0.4) is 0 Å². The van der Waals surface area contributed by atoms with Crippen molar-refractivity contribution in [1.82, 2.24) is 19.9 Å². The second-order valence-electron chi connectivity index (χ2n) is 3.57. The van der Waals surface area contributed by atoms with Crippen LogP contribution in [0.25, 0.3) is 0 Å². The topological polar surface area (TPSA) is 61.9 Å². The zero-order chi connectivity index (χ0) is 12.3. The van der Waals surface area contributed by atoms with E-state index in [0.29, 0.717) is 17.9 Å². The van der Waals surface area contributed by atoms with Crippen LogP contribution in [0.5, 0.6) is 0 Å². The molecule has 6 heteroatoms. The van der Waals surface area contributed by atoms with E-state index < -0.39 is 5.95 Å². The van der Waals surface area contributed by atoms with Gasteiger partial charge in [0.2, 0.25) is 5.95 Å². The van der Waals surface area contributed by atoms with Gasteiger partial charge in [-0.15, -0.1) is 0 Å². The normalized spacial score (nSPS) is 10.2. The van der Waals surface area contributed by atoms with E-state index in [1.165, 1.54) is 17.2 Å². The number of hydrogen-bond acceptors (Lipinski definition) is 3. The molecule has 2 heterocycles. The Bertz CT molecular complexity index is 495. The van der Waals surface area contributed by atoms with Gasteiger partial charge in [0, 0.05) is 25.6 Å². The van der Waals surface area contributed by atoms with Crippen LogP contribution in [0.15, 0.2) is 30.7 Å². The number of hydrogen-bond donors (Lipinski definition) is 1. The van der Waals surface area contributed by atoms with Gasteiger partial charge in [-0.05, 0) is 12.1 Å². The maximum atomic E-state index is 12.6. The smallest absolute Gasteiger partial charge is 0.255 e. The highest BCUT2D eigenvalue weighted by atomic mass is 19.1. The standard InChI is InChI=1S/C11H11FN4O/c1-16(7-10-13-4-5-14-10)11(17)8-2-3-9(12)15-6-8/h2-6H,7H2,1H3,(H,13,14). The SMILES string of the molecule is CN(Cc1ncc[nH]1)C(=O)c1ccc(F)nc1. The Hall–Kier alpha value is -2.24. The first kappa shape index (κ1) is 11.3. The second kappa shape index (κ2) is 4.73. The number of halogens is 1. The largest absolute Gasteiger partial charge is 0.347 e. The molecule has 0 aliphatic heterocycles. The predicted molar refractivity (Wildman–Crippen MR) is 58.6 cm³/mol. The van der Waals surface area contributed by atoms with Crippen molar-refractivity contribution >= 4 is 5.91 Å². The molecular weight excluding hydrogens is 223 g/mol. The van der Waals surface area contributed by atoms with Crippen LogP contribution >= 0.6 is 0 Å². The van der Waals surface area contributed by atoms with Crippen molar-refractivity contribution in [3.05, 3.63) is 48.1 Å². The molecule has 0 saturated carbocycles. The van der Waals surface area contributed by atoms with Crippen molar-refractivity contribution in [2.45, 2.75) is 6.54 Å². The van der Waals surface area contributed by atoms with Gasteiger partial charge in [0.1, 0.15) is 5.82 Å². The van der Waals surface area contributed by atoms with Gasteiger partial charge in [-0.2, -0.15) is 4.39 Å². The average molecular weight is 234 g/mol. The van der Waals surface area contributed by atoms with Crippen molar-refractivity contribution < 1.29 is 9.18 Å². The first-order chi connectivity index (χ1) is 8.16. The molecule has 0 bridgehead atoms. The van der Waals surface area contributed by atoms with E-state index in [0.717, 1.165) is 6.07 Å². The second-order valence-corrected chi connectivity index (χ2v) is 3.57. The summed E-state index contributed by atoms with van der Waals surface area (Å²) in [5.74, 6) is -0.139. The summed E-state index contributed by atoms with van der Waals surface area (Å²) in [6.45, 7) is 0.364. The maximum Gasteiger partial charge on any atom is 0.255 e. The first-order valence-corrected chi connectivity index (χ1v) is 5.02. The van der Waals surface area contributed by atoms with Crippen LogP contribution in [0.2, 0.25) is 0 Å². The Morgan fingerprint density at radius 3 is 2.88 bits per heavy atom. The van der Waals surface area contributed by atoms with Gasteiger partial charge < -0.3 is 9.88 Å². The monoisotopic (exact) mass is 234 g/mol. The Morgan fingerprint density at radius 1 is 1.47 bits per heavy atom. The summed E-state index contributed by atoms with van der Waals surface area (Å²) >= 11 is 0. The highest BCUT2D eigenvalue weighted by Gasteiger charge is 2.13. The quantitative estimate of drug-likeness (QED) is 0.812. The van der Waals surface area contributed by atoms with Gasteiger partial charge in [0.05, 0.1) is 12.1 Å². The van der Waals surface area contributed by atoms with Gasteiger partial charge in [-0.25, -0.2) is 9.97 Å². The number of nitrogens with one attached hydrogen (secondary N) is 1. The van der Waals surface area contributed by atoms with Crippen LogP contribution in [0.4, 0.5) is 4.39 Å². The Kier molecular flexibility index (Phi) is 3.13. The number of rotatable bonds is 3. The summed E-state index contributed by atoms with van der Waals surface area (Å²) in [4.78, 5) is 23.8. The molecule has 2 aromatic rings. The molecule has 17 heavy (non-hydrogen) atoms. The molecule has 0 fully saturated rings. The van der Waals surface area contributed by atoms with Crippen molar-refractivity contribution in [2.24, 2.45) is 0 Å². The molecule has 2 rings (SSSR count). The van der Waals surface area contributed by atoms with Crippen molar-refractivity contribution in [3.63, 3.8) is 0 Å². The fourth-order valence-electron chi connectivity index (χ4n) is 1.40.